The molecule has 0 saturated carbocycles. The number of esters is 1. The first-order valence-electron chi connectivity index (χ1n) is 10.1. The summed E-state index contributed by atoms with van der Waals surface area (Å²) in [6.07, 6.45) is 2.13. The fourth-order valence-corrected chi connectivity index (χ4v) is 4.89. The molecule has 2 aromatic rings. The second-order valence-electron chi connectivity index (χ2n) is 7.71. The van der Waals surface area contributed by atoms with Crippen LogP contribution in [0, 0.1) is 11.8 Å². The van der Waals surface area contributed by atoms with E-state index in [0.717, 1.165) is 16.5 Å². The molecule has 0 bridgehead atoms. The topological polar surface area (TPSA) is 118 Å². The van der Waals surface area contributed by atoms with Crippen molar-refractivity contribution in [3.63, 3.8) is 0 Å². The number of aromatic nitrogens is 1. The smallest absolute Gasteiger partial charge is 0.328 e. The fourth-order valence-electron chi connectivity index (χ4n) is 3.51. The van der Waals surface area contributed by atoms with E-state index >= 15 is 0 Å². The van der Waals surface area contributed by atoms with Gasteiger partial charge in [-0.1, -0.05) is 32.0 Å². The fraction of sp³-hybridized carbons (Fsp3) is 0.524. The van der Waals surface area contributed by atoms with Crippen LogP contribution in [-0.4, -0.2) is 47.7 Å². The maximum atomic E-state index is 13.0. The molecule has 1 aromatic heterocycles. The van der Waals surface area contributed by atoms with Crippen molar-refractivity contribution in [2.45, 2.75) is 39.7 Å². The average molecular weight is 438 g/mol. The Morgan fingerprint density at radius 2 is 1.97 bits per heavy atom. The number of para-hydroxylation sites is 1. The van der Waals surface area contributed by atoms with Gasteiger partial charge in [-0.2, -0.15) is 0 Å². The largest absolute Gasteiger partial charge is 0.467 e. The number of methoxy groups -OCH3 is 1. The molecule has 0 aliphatic carbocycles. The van der Waals surface area contributed by atoms with Gasteiger partial charge in [0.1, 0.15) is 6.04 Å². The average Bonchev–Trinajstić information content (AvgIpc) is 3.08. The van der Waals surface area contributed by atoms with Gasteiger partial charge in [-0.15, -0.1) is 0 Å². The van der Waals surface area contributed by atoms with Crippen molar-refractivity contribution in [1.82, 2.24) is 10.3 Å². The van der Waals surface area contributed by atoms with Gasteiger partial charge in [-0.05, 0) is 30.9 Å². The van der Waals surface area contributed by atoms with Gasteiger partial charge in [0.15, 0.2) is 0 Å². The SMILES string of the molecule is CCOP(=O)(O)CC(CC(C)C)C(=O)N[C@@H](Cc1c[nH]c2ccccc12)C(=O)OC. The van der Waals surface area contributed by atoms with E-state index in [9.17, 15) is 19.0 Å². The number of ether oxygens (including phenoxy) is 1. The minimum atomic E-state index is -3.90. The van der Waals surface area contributed by atoms with Gasteiger partial charge in [0.2, 0.25) is 5.91 Å². The van der Waals surface area contributed by atoms with Gasteiger partial charge < -0.3 is 24.5 Å². The van der Waals surface area contributed by atoms with E-state index in [1.807, 2.05) is 38.1 Å². The Kier molecular flexibility index (Phi) is 8.65. The number of carbonyl (C=O) groups excluding carboxylic acids is 2. The lowest BCUT2D eigenvalue weighted by molar-refractivity contribution is -0.145. The van der Waals surface area contributed by atoms with Crippen molar-refractivity contribution in [3.05, 3.63) is 36.0 Å². The molecule has 0 aliphatic heterocycles. The van der Waals surface area contributed by atoms with Crippen molar-refractivity contribution in [1.29, 1.82) is 0 Å². The summed E-state index contributed by atoms with van der Waals surface area (Å²) in [5.41, 5.74) is 1.79. The molecular weight excluding hydrogens is 407 g/mol. The van der Waals surface area contributed by atoms with E-state index in [0.29, 0.717) is 6.42 Å². The van der Waals surface area contributed by atoms with E-state index in [4.69, 9.17) is 9.26 Å². The van der Waals surface area contributed by atoms with Gasteiger partial charge in [0.05, 0.1) is 19.9 Å². The predicted octanol–water partition coefficient (Wildman–Crippen LogP) is 3.25. The summed E-state index contributed by atoms with van der Waals surface area (Å²) in [6.45, 7) is 5.55. The zero-order valence-electron chi connectivity index (χ0n) is 17.9. The molecule has 0 spiro atoms. The molecule has 8 nitrogen and oxygen atoms in total. The van der Waals surface area contributed by atoms with Crippen LogP contribution in [0.3, 0.4) is 0 Å². The zero-order valence-corrected chi connectivity index (χ0v) is 18.8. The van der Waals surface area contributed by atoms with Crippen molar-refractivity contribution in [3.8, 4) is 0 Å². The maximum Gasteiger partial charge on any atom is 0.328 e. The number of hydrogen-bond donors (Lipinski definition) is 3. The van der Waals surface area contributed by atoms with Crippen LogP contribution in [0.2, 0.25) is 0 Å². The Labute approximate surface area is 176 Å². The Bertz CT molecular complexity index is 910. The maximum absolute atomic E-state index is 13.0. The third kappa shape index (κ3) is 6.69. The predicted molar refractivity (Wildman–Crippen MR) is 115 cm³/mol. The molecular formula is C21H31N2O6P. The summed E-state index contributed by atoms with van der Waals surface area (Å²) in [4.78, 5) is 38.5. The standard InChI is InChI=1S/C21H31N2O6P/c1-5-29-30(26,27)13-16(10-14(2)3)20(24)23-19(21(25)28-4)11-15-12-22-18-9-7-6-8-17(15)18/h6-9,12,14,16,19,22H,5,10-11,13H2,1-4H3,(H,23,24)(H,26,27)/t16?,19-/m0/s1. The summed E-state index contributed by atoms with van der Waals surface area (Å²) in [5, 5.41) is 3.68. The summed E-state index contributed by atoms with van der Waals surface area (Å²) in [6, 6.07) is 6.75. The highest BCUT2D eigenvalue weighted by molar-refractivity contribution is 7.52. The number of H-pyrrole nitrogens is 1. The van der Waals surface area contributed by atoms with E-state index in [1.165, 1.54) is 7.11 Å². The lowest BCUT2D eigenvalue weighted by atomic mass is 9.97. The summed E-state index contributed by atoms with van der Waals surface area (Å²) >= 11 is 0. The molecule has 3 atom stereocenters. The van der Waals surface area contributed by atoms with Crippen LogP contribution in [0.25, 0.3) is 10.9 Å². The molecule has 1 heterocycles. The monoisotopic (exact) mass is 438 g/mol. The lowest BCUT2D eigenvalue weighted by Crippen LogP contribution is -2.46. The summed E-state index contributed by atoms with van der Waals surface area (Å²) in [7, 11) is -2.64. The molecule has 2 rings (SSSR count). The van der Waals surface area contributed by atoms with E-state index in [-0.39, 0.29) is 25.1 Å². The van der Waals surface area contributed by atoms with E-state index in [1.54, 1.807) is 13.1 Å². The van der Waals surface area contributed by atoms with Crippen LogP contribution in [-0.2, 0) is 29.8 Å². The molecule has 0 radical (unpaired) electrons. The first-order chi connectivity index (χ1) is 14.2. The third-order valence-electron chi connectivity index (χ3n) is 4.81. The first-order valence-corrected chi connectivity index (χ1v) is 11.8. The van der Waals surface area contributed by atoms with Crippen LogP contribution in [0.5, 0.6) is 0 Å². The third-order valence-corrected chi connectivity index (χ3v) is 6.37. The summed E-state index contributed by atoms with van der Waals surface area (Å²) < 4.78 is 22.1. The number of aromatic amines is 1. The van der Waals surface area contributed by atoms with Crippen molar-refractivity contribution < 1.29 is 28.3 Å². The second-order valence-corrected chi connectivity index (χ2v) is 9.61. The van der Waals surface area contributed by atoms with Gasteiger partial charge >= 0.3 is 13.6 Å². The molecule has 1 amide bonds. The second kappa shape index (κ2) is 10.8. The number of amides is 1. The quantitative estimate of drug-likeness (QED) is 0.366. The number of benzene rings is 1. The summed E-state index contributed by atoms with van der Waals surface area (Å²) in [5.74, 6) is -1.68. The number of carbonyl (C=O) groups is 2. The van der Waals surface area contributed by atoms with Gasteiger partial charge in [-0.3, -0.25) is 9.36 Å². The highest BCUT2D eigenvalue weighted by Gasteiger charge is 2.33. The highest BCUT2D eigenvalue weighted by atomic mass is 31.2. The van der Waals surface area contributed by atoms with Crippen LogP contribution >= 0.6 is 7.60 Å². The first kappa shape index (κ1) is 24.1. The molecule has 0 fully saturated rings. The van der Waals surface area contributed by atoms with Crippen LogP contribution < -0.4 is 5.32 Å². The number of rotatable bonds is 11. The molecule has 30 heavy (non-hydrogen) atoms. The van der Waals surface area contributed by atoms with E-state index < -0.39 is 31.4 Å². The number of nitrogens with one attached hydrogen (secondary N) is 2. The van der Waals surface area contributed by atoms with Crippen LogP contribution in [0.4, 0.5) is 0 Å². The minimum Gasteiger partial charge on any atom is -0.467 e. The van der Waals surface area contributed by atoms with Crippen molar-refractivity contribution >= 4 is 30.4 Å². The molecule has 1 aromatic carbocycles. The Morgan fingerprint density at radius 1 is 1.27 bits per heavy atom. The highest BCUT2D eigenvalue weighted by Crippen LogP contribution is 2.44. The van der Waals surface area contributed by atoms with Gasteiger partial charge in [0, 0.05) is 29.4 Å². The van der Waals surface area contributed by atoms with E-state index in [2.05, 4.69) is 10.3 Å². The van der Waals surface area contributed by atoms with Crippen LogP contribution in [0.1, 0.15) is 32.8 Å². The molecule has 0 saturated heterocycles. The minimum absolute atomic E-state index is 0.0785. The molecule has 9 heteroatoms. The van der Waals surface area contributed by atoms with Gasteiger partial charge in [0.25, 0.3) is 0 Å². The Balaban J connectivity index is 2.21. The molecule has 166 valence electrons. The molecule has 2 unspecified atom stereocenters. The van der Waals surface area contributed by atoms with Crippen molar-refractivity contribution in [2.75, 3.05) is 19.9 Å². The lowest BCUT2D eigenvalue weighted by Gasteiger charge is -2.24. The van der Waals surface area contributed by atoms with Crippen molar-refractivity contribution in [2.24, 2.45) is 11.8 Å². The number of fused-ring (bicyclic) bond motifs is 1. The zero-order chi connectivity index (χ0) is 22.3. The Hall–Kier alpha value is -2.15. The normalized spacial score (nSPS) is 15.5. The van der Waals surface area contributed by atoms with Crippen LogP contribution in [0.15, 0.2) is 30.5 Å². The molecule has 0 aliphatic rings. The molecule has 3 N–H and O–H groups in total. The van der Waals surface area contributed by atoms with Gasteiger partial charge in [-0.25, -0.2) is 4.79 Å². The number of hydrogen-bond acceptors (Lipinski definition) is 5. The Morgan fingerprint density at radius 3 is 2.60 bits per heavy atom.